The quantitative estimate of drug-likeness (QED) is 0.888. The second-order valence-corrected chi connectivity index (χ2v) is 4.09. The zero-order chi connectivity index (χ0) is 10.1. The Morgan fingerprint density at radius 3 is 2.93 bits per heavy atom. The predicted octanol–water partition coefficient (Wildman–Crippen LogP) is 1.84. The van der Waals surface area contributed by atoms with Crippen molar-refractivity contribution in [3.63, 3.8) is 0 Å². The summed E-state index contributed by atoms with van der Waals surface area (Å²) in [7, 11) is 2.02. The van der Waals surface area contributed by atoms with Crippen LogP contribution in [0.3, 0.4) is 0 Å². The summed E-state index contributed by atoms with van der Waals surface area (Å²) in [4.78, 5) is 4.54. The van der Waals surface area contributed by atoms with Gasteiger partial charge in [0.05, 0.1) is 5.52 Å². The number of hydrogen-bond donors (Lipinski definition) is 1. The van der Waals surface area contributed by atoms with Gasteiger partial charge in [-0.15, -0.1) is 0 Å². The van der Waals surface area contributed by atoms with Crippen molar-refractivity contribution < 1.29 is 0 Å². The minimum Gasteiger partial charge on any atom is -0.331 e. The van der Waals surface area contributed by atoms with Crippen LogP contribution in [0.1, 0.15) is 5.82 Å². The SMILES string of the molecule is Cn1c(CCN)nc2c(Br)cccc21. The molecule has 0 saturated carbocycles. The van der Waals surface area contributed by atoms with Gasteiger partial charge in [0, 0.05) is 17.9 Å². The van der Waals surface area contributed by atoms with E-state index in [1.54, 1.807) is 0 Å². The van der Waals surface area contributed by atoms with Crippen LogP contribution >= 0.6 is 15.9 Å². The number of hydrogen-bond acceptors (Lipinski definition) is 2. The Balaban J connectivity index is 2.67. The lowest BCUT2D eigenvalue weighted by Gasteiger charge is -1.99. The molecule has 2 aromatic rings. The molecule has 0 aliphatic carbocycles. The molecule has 0 aliphatic rings. The molecule has 4 heteroatoms. The number of nitrogens with zero attached hydrogens (tertiary/aromatic N) is 2. The summed E-state index contributed by atoms with van der Waals surface area (Å²) in [5.74, 6) is 1.04. The first kappa shape index (κ1) is 9.68. The van der Waals surface area contributed by atoms with Gasteiger partial charge in [-0.25, -0.2) is 4.98 Å². The first-order valence-corrected chi connectivity index (χ1v) is 5.33. The van der Waals surface area contributed by atoms with Crippen molar-refractivity contribution in [1.82, 2.24) is 9.55 Å². The van der Waals surface area contributed by atoms with Crippen LogP contribution in [0.15, 0.2) is 22.7 Å². The number of nitrogens with two attached hydrogens (primary N) is 1. The molecule has 14 heavy (non-hydrogen) atoms. The number of aromatic nitrogens is 2. The van der Waals surface area contributed by atoms with Gasteiger partial charge in [0.1, 0.15) is 11.3 Å². The molecule has 2 rings (SSSR count). The molecular weight excluding hydrogens is 242 g/mol. The third kappa shape index (κ3) is 1.44. The topological polar surface area (TPSA) is 43.8 Å². The highest BCUT2D eigenvalue weighted by molar-refractivity contribution is 9.10. The Hall–Kier alpha value is -0.870. The van der Waals surface area contributed by atoms with E-state index in [2.05, 4.69) is 31.5 Å². The van der Waals surface area contributed by atoms with Gasteiger partial charge in [0.15, 0.2) is 0 Å². The number of para-hydroxylation sites is 1. The lowest BCUT2D eigenvalue weighted by Crippen LogP contribution is -2.07. The van der Waals surface area contributed by atoms with E-state index in [0.717, 1.165) is 27.8 Å². The van der Waals surface area contributed by atoms with Gasteiger partial charge in [-0.05, 0) is 34.6 Å². The van der Waals surface area contributed by atoms with Crippen molar-refractivity contribution in [3.8, 4) is 0 Å². The lowest BCUT2D eigenvalue weighted by atomic mass is 10.3. The number of imidazole rings is 1. The van der Waals surface area contributed by atoms with Crippen LogP contribution in [0.2, 0.25) is 0 Å². The van der Waals surface area contributed by atoms with Crippen molar-refractivity contribution in [2.24, 2.45) is 12.8 Å². The van der Waals surface area contributed by atoms with E-state index in [1.807, 2.05) is 19.2 Å². The Morgan fingerprint density at radius 2 is 2.29 bits per heavy atom. The van der Waals surface area contributed by atoms with Gasteiger partial charge in [0.25, 0.3) is 0 Å². The molecule has 0 bridgehead atoms. The van der Waals surface area contributed by atoms with E-state index in [9.17, 15) is 0 Å². The zero-order valence-electron chi connectivity index (χ0n) is 8.00. The van der Waals surface area contributed by atoms with Crippen LogP contribution in [0, 0.1) is 0 Å². The van der Waals surface area contributed by atoms with Crippen LogP contribution in [0.5, 0.6) is 0 Å². The molecule has 0 atom stereocenters. The van der Waals surface area contributed by atoms with E-state index in [-0.39, 0.29) is 0 Å². The zero-order valence-corrected chi connectivity index (χ0v) is 9.58. The predicted molar refractivity (Wildman–Crippen MR) is 61.2 cm³/mol. The molecule has 3 nitrogen and oxygen atoms in total. The van der Waals surface area contributed by atoms with E-state index in [1.165, 1.54) is 0 Å². The van der Waals surface area contributed by atoms with Crippen LogP contribution in [0.25, 0.3) is 11.0 Å². The van der Waals surface area contributed by atoms with E-state index in [4.69, 9.17) is 5.73 Å². The third-order valence-electron chi connectivity index (χ3n) is 2.32. The Morgan fingerprint density at radius 1 is 1.50 bits per heavy atom. The van der Waals surface area contributed by atoms with Gasteiger partial charge in [-0.1, -0.05) is 6.07 Å². The maximum atomic E-state index is 5.52. The maximum absolute atomic E-state index is 5.52. The first-order valence-electron chi connectivity index (χ1n) is 4.54. The van der Waals surface area contributed by atoms with Crippen LogP contribution in [0.4, 0.5) is 0 Å². The smallest absolute Gasteiger partial charge is 0.110 e. The molecule has 1 aromatic heterocycles. The highest BCUT2D eigenvalue weighted by Gasteiger charge is 2.08. The highest BCUT2D eigenvalue weighted by atomic mass is 79.9. The highest BCUT2D eigenvalue weighted by Crippen LogP contribution is 2.23. The molecule has 0 spiro atoms. The summed E-state index contributed by atoms with van der Waals surface area (Å²) in [6, 6.07) is 6.08. The molecule has 0 aliphatic heterocycles. The first-order chi connectivity index (χ1) is 6.74. The fourth-order valence-corrected chi connectivity index (χ4v) is 2.03. The van der Waals surface area contributed by atoms with Crippen LogP contribution < -0.4 is 5.73 Å². The summed E-state index contributed by atoms with van der Waals surface area (Å²) in [6.45, 7) is 0.634. The van der Waals surface area contributed by atoms with E-state index in [0.29, 0.717) is 6.54 Å². The maximum Gasteiger partial charge on any atom is 0.110 e. The van der Waals surface area contributed by atoms with Gasteiger partial charge in [-0.3, -0.25) is 0 Å². The Kier molecular flexibility index (Phi) is 2.56. The van der Waals surface area contributed by atoms with Gasteiger partial charge in [0.2, 0.25) is 0 Å². The molecule has 0 radical (unpaired) electrons. The van der Waals surface area contributed by atoms with E-state index >= 15 is 0 Å². The van der Waals surface area contributed by atoms with Crippen molar-refractivity contribution in [2.45, 2.75) is 6.42 Å². The number of fused-ring (bicyclic) bond motifs is 1. The fourth-order valence-electron chi connectivity index (χ4n) is 1.58. The number of aryl methyl sites for hydroxylation is 1. The minimum absolute atomic E-state index is 0.634. The molecule has 1 aromatic carbocycles. The van der Waals surface area contributed by atoms with Crippen LogP contribution in [-0.2, 0) is 13.5 Å². The summed E-state index contributed by atoms with van der Waals surface area (Å²) in [5, 5.41) is 0. The van der Waals surface area contributed by atoms with Crippen molar-refractivity contribution in [1.29, 1.82) is 0 Å². The third-order valence-corrected chi connectivity index (χ3v) is 2.96. The van der Waals surface area contributed by atoms with E-state index < -0.39 is 0 Å². The molecule has 0 saturated heterocycles. The fraction of sp³-hybridized carbons (Fsp3) is 0.300. The molecular formula is C10H12BrN3. The number of benzene rings is 1. The number of rotatable bonds is 2. The molecule has 1 heterocycles. The molecule has 0 unspecified atom stereocenters. The normalized spacial score (nSPS) is 11.1. The monoisotopic (exact) mass is 253 g/mol. The number of halogens is 1. The summed E-state index contributed by atoms with van der Waals surface area (Å²) < 4.78 is 3.13. The minimum atomic E-state index is 0.634. The van der Waals surface area contributed by atoms with Crippen molar-refractivity contribution >= 4 is 27.0 Å². The summed E-state index contributed by atoms with van der Waals surface area (Å²) in [5.41, 5.74) is 7.68. The second-order valence-electron chi connectivity index (χ2n) is 3.23. The van der Waals surface area contributed by atoms with Gasteiger partial charge >= 0.3 is 0 Å². The molecule has 0 amide bonds. The lowest BCUT2D eigenvalue weighted by molar-refractivity contribution is 0.794. The van der Waals surface area contributed by atoms with Crippen LogP contribution in [-0.4, -0.2) is 16.1 Å². The largest absolute Gasteiger partial charge is 0.331 e. The molecule has 2 N–H and O–H groups in total. The summed E-state index contributed by atoms with van der Waals surface area (Å²) >= 11 is 3.49. The molecule has 74 valence electrons. The molecule has 0 fully saturated rings. The Bertz CT molecular complexity index is 462. The average Bonchev–Trinajstić information content (AvgIpc) is 2.48. The van der Waals surface area contributed by atoms with Crippen molar-refractivity contribution in [2.75, 3.05) is 6.54 Å². The standard InChI is InChI=1S/C10H12BrN3/c1-14-8-4-2-3-7(11)10(8)13-9(14)5-6-12/h2-4H,5-6,12H2,1H3. The Labute approximate surface area is 91.1 Å². The van der Waals surface area contributed by atoms with Gasteiger partial charge in [-0.2, -0.15) is 0 Å². The second kappa shape index (κ2) is 3.71. The average molecular weight is 254 g/mol. The van der Waals surface area contributed by atoms with Crippen molar-refractivity contribution in [3.05, 3.63) is 28.5 Å². The van der Waals surface area contributed by atoms with Gasteiger partial charge < -0.3 is 10.3 Å². The summed E-state index contributed by atoms with van der Waals surface area (Å²) in [6.07, 6.45) is 0.817.